The van der Waals surface area contributed by atoms with E-state index >= 15 is 0 Å². The Morgan fingerprint density at radius 1 is 0.373 bits per heavy atom. The molecule has 8 heterocycles. The number of ether oxygens (including phenoxy) is 4. The Bertz CT molecular complexity index is 6780. The molecule has 4 N–H and O–H groups in total. The van der Waals surface area contributed by atoms with Gasteiger partial charge in [0.25, 0.3) is 29.3 Å². The molecule has 4 aliphatic heterocycles. The number of aromatic nitrogens is 4. The zero-order valence-corrected chi connectivity index (χ0v) is 71.6. The van der Waals surface area contributed by atoms with E-state index in [1.807, 2.05) is 196 Å². The Morgan fingerprint density at radius 2 is 0.643 bits per heavy atom. The minimum atomic E-state index is -0.466. The normalized spacial score (nSPS) is 15.5. The number of nitro benzene ring substituents is 1. The molecule has 630 valence electrons. The maximum absolute atomic E-state index is 13.7. The lowest BCUT2D eigenvalue weighted by atomic mass is 9.91. The van der Waals surface area contributed by atoms with Crippen LogP contribution in [0.1, 0.15) is 138 Å². The van der Waals surface area contributed by atoms with Crippen LogP contribution in [0.4, 0.5) is 11.4 Å². The van der Waals surface area contributed by atoms with Gasteiger partial charge in [0, 0.05) is 147 Å². The number of hydrogen-bond acceptors (Lipinski definition) is 12. The molecular formula is C103H89Cl2N11O10. The number of carbonyl (C=O) groups is 4. The van der Waals surface area contributed by atoms with Crippen molar-refractivity contribution in [3.63, 3.8) is 0 Å². The van der Waals surface area contributed by atoms with Gasteiger partial charge in [0.05, 0.1) is 79.2 Å². The number of rotatable bonds is 14. The summed E-state index contributed by atoms with van der Waals surface area (Å²) in [6.45, 7) is 2.43. The zero-order chi connectivity index (χ0) is 87.4. The Morgan fingerprint density at radius 3 is 0.913 bits per heavy atom. The van der Waals surface area contributed by atoms with Crippen LogP contribution in [0.25, 0.3) is 43.6 Å². The van der Waals surface area contributed by atoms with Gasteiger partial charge in [-0.25, -0.2) is 0 Å². The van der Waals surface area contributed by atoms with Crippen LogP contribution >= 0.6 is 23.2 Å². The van der Waals surface area contributed by atoms with Gasteiger partial charge < -0.3 is 63.4 Å². The van der Waals surface area contributed by atoms with Crippen LogP contribution in [0.5, 0.6) is 23.0 Å². The molecule has 0 fully saturated rings. The van der Waals surface area contributed by atoms with Gasteiger partial charge in [-0.2, -0.15) is 5.26 Å². The first kappa shape index (κ1) is 83.4. The average Bonchev–Trinajstić information content (AvgIpc) is 1.55. The number of fused-ring (bicyclic) bond motifs is 12. The minimum Gasteiger partial charge on any atom is -0.497 e. The molecule has 4 atom stereocenters. The molecule has 20 rings (SSSR count). The van der Waals surface area contributed by atoms with Crippen LogP contribution < -0.4 is 23.8 Å². The van der Waals surface area contributed by atoms with Crippen LogP contribution in [0.15, 0.2) is 285 Å². The summed E-state index contributed by atoms with van der Waals surface area (Å²) in [6, 6.07) is 91.2. The van der Waals surface area contributed by atoms with Crippen molar-refractivity contribution in [2.75, 3.05) is 73.6 Å². The molecule has 16 aromatic rings. The van der Waals surface area contributed by atoms with Crippen LogP contribution in [0.2, 0.25) is 10.0 Å². The summed E-state index contributed by atoms with van der Waals surface area (Å²) in [6.07, 6.45) is 3.12. The largest absolute Gasteiger partial charge is 0.497 e. The van der Waals surface area contributed by atoms with Gasteiger partial charge in [-0.3, -0.25) is 29.3 Å². The molecule has 0 aliphatic carbocycles. The van der Waals surface area contributed by atoms with Crippen molar-refractivity contribution in [1.82, 2.24) is 39.5 Å². The Balaban J connectivity index is 0.000000119. The van der Waals surface area contributed by atoms with Crippen LogP contribution in [0, 0.1) is 21.4 Å². The summed E-state index contributed by atoms with van der Waals surface area (Å²) in [7, 11) is 10.6. The van der Waals surface area contributed by atoms with E-state index in [-0.39, 0.29) is 53.5 Å². The predicted molar refractivity (Wildman–Crippen MR) is 493 cm³/mol. The lowest BCUT2D eigenvalue weighted by Gasteiger charge is -2.36. The monoisotopic (exact) mass is 1710 g/mol. The molecule has 21 nitrogen and oxygen atoms in total. The van der Waals surface area contributed by atoms with Gasteiger partial charge >= 0.3 is 0 Å². The molecule has 0 saturated carbocycles. The summed E-state index contributed by atoms with van der Waals surface area (Å²) in [5.41, 5.74) is 21.4. The van der Waals surface area contributed by atoms with Crippen molar-refractivity contribution in [3.05, 3.63) is 400 Å². The number of amides is 4. The van der Waals surface area contributed by atoms with Gasteiger partial charge in [-0.15, -0.1) is 0 Å². The number of nitro groups is 1. The number of halogens is 2. The van der Waals surface area contributed by atoms with E-state index in [0.29, 0.717) is 64.0 Å². The zero-order valence-electron chi connectivity index (χ0n) is 70.1. The van der Waals surface area contributed by atoms with Gasteiger partial charge in [-0.05, 0) is 222 Å². The highest BCUT2D eigenvalue weighted by Crippen LogP contribution is 2.46. The van der Waals surface area contributed by atoms with Gasteiger partial charge in [0.2, 0.25) is 0 Å². The van der Waals surface area contributed by atoms with Crippen LogP contribution in [0.3, 0.4) is 0 Å². The number of para-hydroxylation sites is 4. The first-order chi connectivity index (χ1) is 61.4. The number of carbonyl (C=O) groups excluding carboxylic acids is 4. The number of methoxy groups -OCH3 is 4. The quantitative estimate of drug-likeness (QED) is 0.0586. The molecule has 0 bridgehead atoms. The number of nitrogens with one attached hydrogen (secondary N) is 4. The van der Waals surface area contributed by atoms with Gasteiger partial charge in [-0.1, -0.05) is 145 Å². The summed E-state index contributed by atoms with van der Waals surface area (Å²) >= 11 is 12.3. The van der Waals surface area contributed by atoms with Crippen molar-refractivity contribution in [2.24, 2.45) is 0 Å². The third kappa shape index (κ3) is 16.5. The molecular weight excluding hydrogens is 1620 g/mol. The maximum atomic E-state index is 13.7. The second kappa shape index (κ2) is 36.3. The molecule has 0 saturated heterocycles. The molecule has 0 spiro atoms. The number of benzene rings is 12. The minimum absolute atomic E-state index is 0.0372. The number of aromatic amines is 4. The molecule has 4 unspecified atom stereocenters. The average molecular weight is 1710 g/mol. The van der Waals surface area contributed by atoms with Crippen molar-refractivity contribution < 1.29 is 43.0 Å². The molecule has 4 aliphatic rings. The lowest BCUT2D eigenvalue weighted by Crippen LogP contribution is -2.40. The third-order valence-electron chi connectivity index (χ3n) is 24.3. The highest BCUT2D eigenvalue weighted by atomic mass is 35.5. The van der Waals surface area contributed by atoms with E-state index in [9.17, 15) is 29.3 Å². The summed E-state index contributed by atoms with van der Waals surface area (Å²) in [5.74, 6) is 2.86. The van der Waals surface area contributed by atoms with Crippen LogP contribution in [-0.2, 0) is 25.7 Å². The molecule has 4 aromatic heterocycles. The number of anilines is 1. The highest BCUT2D eigenvalue weighted by Gasteiger charge is 2.40. The Hall–Kier alpha value is -14.9. The Kier molecular flexibility index (Phi) is 24.0. The Labute approximate surface area is 738 Å². The topological polar surface area (TPSA) is 251 Å². The maximum Gasteiger partial charge on any atom is 0.269 e. The number of non-ortho nitro benzene ring substituents is 1. The van der Waals surface area contributed by atoms with E-state index in [1.165, 1.54) is 68.1 Å². The molecule has 126 heavy (non-hydrogen) atoms. The SMILES string of the molecule is COc1ccc(C2c3[nH]c4ccccc4c3CCN2C(=O)c2ccc(C#N)cc2)cc1.COc1ccc(C2c3[nH]c4ccccc4c3CCN2C(=O)c2ccc(Cl)c(Cl)c2)cc1.COc1ccc(C2c3[nH]c4ccccc4c3CCN2C(=O)c2ccc(N(C)C)cc2)cc1.COc1ccc(C2c3[nH]c4ccccc4c3CCN2C(=O)c2ccc([N+](=O)[O-])cc2)cc1. The van der Waals surface area contributed by atoms with E-state index in [2.05, 4.69) is 86.7 Å². The first-order valence-corrected chi connectivity index (χ1v) is 42.3. The van der Waals surface area contributed by atoms with Gasteiger partial charge in [0.1, 0.15) is 23.0 Å². The standard InChI is InChI=1S/C27H27N3O2.C26H21N3O2.C25H20Cl2N2O2.C25H21N3O4/c1-29(2)20-12-8-19(9-13-20)27(31)30-17-16-23-22-6-4-5-7-24(22)28-25(23)26(30)18-10-14-21(32-3)15-11-18;1-31-20-12-10-18(11-13-20)25-24-22(21-4-2-3-5-23(21)28-24)14-15-29(25)26(30)19-8-6-17(16-27)7-9-19;1-31-17-9-6-15(7-10-17)24-23-19(18-4-2-3-5-22(18)28-23)12-13-29(24)25(30)16-8-11-20(26)21(27)14-16;1-32-19-12-8-16(9-13-19)24-23-21(20-4-2-3-5-22(20)26-23)14-15-27(24)25(29)17-6-10-18(11-7-17)28(30)31/h4-15,26,28H,16-17H2,1-3H3;2-13,25,28H,14-15H2,1H3;2-11,14,24,28H,12-13H2,1H3;2-13,24,26H,14-15H2,1H3. The lowest BCUT2D eigenvalue weighted by molar-refractivity contribution is -0.384. The fourth-order valence-electron chi connectivity index (χ4n) is 18.0. The number of H-pyrrole nitrogens is 4. The predicted octanol–water partition coefficient (Wildman–Crippen LogP) is 21.0. The van der Waals surface area contributed by atoms with Crippen molar-refractivity contribution >= 4 is 102 Å². The van der Waals surface area contributed by atoms with E-state index in [4.69, 9.17) is 47.4 Å². The smallest absolute Gasteiger partial charge is 0.269 e. The fraction of sp³-hybridized carbons (Fsp3) is 0.175. The highest BCUT2D eigenvalue weighted by molar-refractivity contribution is 6.42. The molecule has 23 heteroatoms. The fourth-order valence-corrected chi connectivity index (χ4v) is 18.3. The number of nitrogens with zero attached hydrogens (tertiary/aromatic N) is 7. The summed E-state index contributed by atoms with van der Waals surface area (Å²) in [4.78, 5) is 88.9. The van der Waals surface area contributed by atoms with Gasteiger partial charge in [0.15, 0.2) is 0 Å². The second-order valence-electron chi connectivity index (χ2n) is 31.5. The van der Waals surface area contributed by atoms with Crippen LogP contribution in [-0.4, -0.2) is 137 Å². The summed E-state index contributed by atoms with van der Waals surface area (Å²) < 4.78 is 21.3. The van der Waals surface area contributed by atoms with Crippen molar-refractivity contribution in [3.8, 4) is 29.1 Å². The second-order valence-corrected chi connectivity index (χ2v) is 32.3. The van der Waals surface area contributed by atoms with Crippen molar-refractivity contribution in [1.29, 1.82) is 5.26 Å². The number of hydrogen-bond donors (Lipinski definition) is 4. The van der Waals surface area contributed by atoms with Crippen molar-refractivity contribution in [2.45, 2.75) is 49.9 Å². The first-order valence-electron chi connectivity index (χ1n) is 41.5. The van der Waals surface area contributed by atoms with E-state index in [1.54, 1.807) is 70.9 Å². The third-order valence-corrected chi connectivity index (χ3v) is 25.0. The van der Waals surface area contributed by atoms with E-state index < -0.39 is 4.92 Å². The van der Waals surface area contributed by atoms with E-state index in [0.717, 1.165) is 121 Å². The molecule has 0 radical (unpaired) electrons. The number of nitriles is 1. The molecule has 4 amide bonds. The summed E-state index contributed by atoms with van der Waals surface area (Å²) in [5, 5.41) is 25.7. The molecule has 12 aromatic carbocycles.